The van der Waals surface area contributed by atoms with Gasteiger partial charge in [0.2, 0.25) is 0 Å². The van der Waals surface area contributed by atoms with Crippen molar-refractivity contribution in [3.63, 3.8) is 0 Å². The monoisotopic (exact) mass is 463 g/mol. The quantitative estimate of drug-likeness (QED) is 0.384. The number of rotatable bonds is 7. The summed E-state index contributed by atoms with van der Waals surface area (Å²) in [7, 11) is 0. The predicted molar refractivity (Wildman–Crippen MR) is 124 cm³/mol. The fraction of sp³-hybridized carbons (Fsp3) is 0.192. The van der Waals surface area contributed by atoms with Crippen LogP contribution >= 0.6 is 0 Å². The average Bonchev–Trinajstić information content (AvgIpc) is 2.85. The van der Waals surface area contributed by atoms with E-state index in [4.69, 9.17) is 14.2 Å². The Kier molecular flexibility index (Phi) is 8.23. The van der Waals surface area contributed by atoms with Gasteiger partial charge < -0.3 is 19.3 Å². The molecule has 0 aliphatic rings. The Bertz CT molecular complexity index is 1130. The highest BCUT2D eigenvalue weighted by atomic mass is 16.7. The molecule has 0 saturated carbocycles. The van der Waals surface area contributed by atoms with Crippen molar-refractivity contribution in [2.45, 2.75) is 33.1 Å². The SMILES string of the molecule is Cc1cc(N(C(=O)OCc2ccccc2)[C@@H](C)C(=O)OC(=O)OCc2ccccc2)ccc1O. The zero-order valence-electron chi connectivity index (χ0n) is 18.8. The Morgan fingerprint density at radius 2 is 1.41 bits per heavy atom. The summed E-state index contributed by atoms with van der Waals surface area (Å²) >= 11 is 0. The van der Waals surface area contributed by atoms with Crippen molar-refractivity contribution < 1.29 is 33.7 Å². The predicted octanol–water partition coefficient (Wildman–Crippen LogP) is 5.11. The highest BCUT2D eigenvalue weighted by Crippen LogP contribution is 2.26. The molecule has 0 unspecified atom stereocenters. The summed E-state index contributed by atoms with van der Waals surface area (Å²) in [6.07, 6.45) is -2.00. The van der Waals surface area contributed by atoms with Crippen molar-refractivity contribution in [3.05, 3.63) is 95.6 Å². The number of esters is 1. The van der Waals surface area contributed by atoms with E-state index in [9.17, 15) is 19.5 Å². The number of nitrogens with zero attached hydrogens (tertiary/aromatic N) is 1. The summed E-state index contributed by atoms with van der Waals surface area (Å²) in [6.45, 7) is 2.96. The molecule has 0 aliphatic carbocycles. The standard InChI is InChI=1S/C26H25NO7/c1-18-15-22(13-14-23(18)28)27(25(30)32-16-20-9-5-3-6-10-20)19(2)24(29)34-26(31)33-17-21-11-7-4-8-12-21/h3-15,19,28H,16-17H2,1-2H3/t19-/m0/s1. The Morgan fingerprint density at radius 1 is 0.853 bits per heavy atom. The smallest absolute Gasteiger partial charge is 0.508 e. The lowest BCUT2D eigenvalue weighted by Gasteiger charge is -2.27. The van der Waals surface area contributed by atoms with Crippen LogP contribution in [0.15, 0.2) is 78.9 Å². The molecule has 0 saturated heterocycles. The molecule has 34 heavy (non-hydrogen) atoms. The summed E-state index contributed by atoms with van der Waals surface area (Å²) in [5, 5.41) is 9.85. The van der Waals surface area contributed by atoms with Gasteiger partial charge in [-0.15, -0.1) is 0 Å². The minimum atomic E-state index is -1.23. The van der Waals surface area contributed by atoms with Crippen molar-refractivity contribution >= 4 is 23.9 Å². The van der Waals surface area contributed by atoms with Crippen LogP contribution in [0.25, 0.3) is 0 Å². The van der Waals surface area contributed by atoms with E-state index in [1.165, 1.54) is 25.1 Å². The Labute approximate surface area is 197 Å². The normalized spacial score (nSPS) is 11.2. The van der Waals surface area contributed by atoms with Gasteiger partial charge in [-0.2, -0.15) is 0 Å². The number of phenolic OH excluding ortho intramolecular Hbond substituents is 1. The molecule has 3 aromatic carbocycles. The van der Waals surface area contributed by atoms with E-state index in [2.05, 4.69) is 0 Å². The number of ether oxygens (including phenoxy) is 3. The van der Waals surface area contributed by atoms with E-state index >= 15 is 0 Å². The van der Waals surface area contributed by atoms with E-state index in [1.807, 2.05) is 24.3 Å². The van der Waals surface area contributed by atoms with E-state index < -0.39 is 24.3 Å². The third-order valence-electron chi connectivity index (χ3n) is 4.97. The number of anilines is 1. The summed E-state index contributed by atoms with van der Waals surface area (Å²) in [5.74, 6) is -0.971. The first kappa shape index (κ1) is 24.3. The van der Waals surface area contributed by atoms with Crippen molar-refractivity contribution in [1.82, 2.24) is 0 Å². The number of phenols is 1. The van der Waals surface area contributed by atoms with E-state index in [0.29, 0.717) is 5.56 Å². The third-order valence-corrected chi connectivity index (χ3v) is 4.97. The number of amides is 1. The first-order valence-corrected chi connectivity index (χ1v) is 10.6. The molecule has 8 heteroatoms. The van der Waals surface area contributed by atoms with E-state index in [-0.39, 0.29) is 24.7 Å². The molecule has 8 nitrogen and oxygen atoms in total. The molecule has 176 valence electrons. The zero-order valence-corrected chi connectivity index (χ0v) is 18.8. The lowest BCUT2D eigenvalue weighted by Crippen LogP contribution is -2.45. The van der Waals surface area contributed by atoms with Crippen LogP contribution in [0.2, 0.25) is 0 Å². The fourth-order valence-electron chi connectivity index (χ4n) is 3.08. The van der Waals surface area contributed by atoms with E-state index in [0.717, 1.165) is 16.0 Å². The second-order valence-corrected chi connectivity index (χ2v) is 7.50. The van der Waals surface area contributed by atoms with Gasteiger partial charge in [-0.3, -0.25) is 4.90 Å². The lowest BCUT2D eigenvalue weighted by molar-refractivity contribution is -0.141. The topological polar surface area (TPSA) is 102 Å². The van der Waals surface area contributed by atoms with Gasteiger partial charge in [0.05, 0.1) is 0 Å². The van der Waals surface area contributed by atoms with Crippen molar-refractivity contribution in [2.24, 2.45) is 0 Å². The molecule has 1 atom stereocenters. The summed E-state index contributed by atoms with van der Waals surface area (Å²) in [5.41, 5.74) is 2.26. The number of hydrogen-bond donors (Lipinski definition) is 1. The second kappa shape index (κ2) is 11.5. The van der Waals surface area contributed by atoms with Crippen LogP contribution in [0.1, 0.15) is 23.6 Å². The number of carbonyl (C=O) groups excluding carboxylic acids is 3. The maximum Gasteiger partial charge on any atom is 0.516 e. The second-order valence-electron chi connectivity index (χ2n) is 7.50. The third kappa shape index (κ3) is 6.59. The molecular weight excluding hydrogens is 438 g/mol. The van der Waals surface area contributed by atoms with Gasteiger partial charge in [0.15, 0.2) is 0 Å². The maximum absolute atomic E-state index is 13.0. The van der Waals surface area contributed by atoms with Crippen LogP contribution in [-0.4, -0.2) is 29.4 Å². The molecule has 0 spiro atoms. The Morgan fingerprint density at radius 3 is 1.97 bits per heavy atom. The van der Waals surface area contributed by atoms with Gasteiger partial charge in [0.25, 0.3) is 0 Å². The van der Waals surface area contributed by atoms with Crippen LogP contribution in [-0.2, 0) is 32.2 Å². The Balaban J connectivity index is 1.71. The van der Waals surface area contributed by atoms with Gasteiger partial charge in [0.1, 0.15) is 25.0 Å². The average molecular weight is 463 g/mol. The number of hydrogen-bond acceptors (Lipinski definition) is 7. The number of carbonyl (C=O) groups is 3. The van der Waals surface area contributed by atoms with Crippen molar-refractivity contribution in [1.29, 1.82) is 0 Å². The van der Waals surface area contributed by atoms with Gasteiger partial charge in [-0.25, -0.2) is 14.4 Å². The van der Waals surface area contributed by atoms with Gasteiger partial charge in [-0.05, 0) is 48.7 Å². The number of aryl methyl sites for hydroxylation is 1. The maximum atomic E-state index is 13.0. The summed E-state index contributed by atoms with van der Waals surface area (Å²) < 4.78 is 15.2. The van der Waals surface area contributed by atoms with Crippen LogP contribution in [0.4, 0.5) is 15.3 Å². The highest BCUT2D eigenvalue weighted by molar-refractivity contribution is 5.97. The van der Waals surface area contributed by atoms with Crippen LogP contribution in [0, 0.1) is 6.92 Å². The molecule has 1 amide bonds. The fourth-order valence-corrected chi connectivity index (χ4v) is 3.08. The lowest BCUT2D eigenvalue weighted by atomic mass is 10.1. The molecule has 3 aromatic rings. The minimum absolute atomic E-state index is 0.0197. The first-order valence-electron chi connectivity index (χ1n) is 10.6. The zero-order chi connectivity index (χ0) is 24.5. The van der Waals surface area contributed by atoms with Gasteiger partial charge in [-0.1, -0.05) is 60.7 Å². The largest absolute Gasteiger partial charge is 0.516 e. The van der Waals surface area contributed by atoms with Gasteiger partial charge >= 0.3 is 18.2 Å². The molecule has 0 heterocycles. The molecule has 0 aromatic heterocycles. The molecule has 0 aliphatic heterocycles. The number of benzene rings is 3. The first-order chi connectivity index (χ1) is 16.3. The molecule has 1 N–H and O–H groups in total. The molecule has 0 bridgehead atoms. The summed E-state index contributed by atoms with van der Waals surface area (Å²) in [4.78, 5) is 38.8. The molecule has 0 radical (unpaired) electrons. The van der Waals surface area contributed by atoms with Crippen LogP contribution in [0.5, 0.6) is 5.75 Å². The van der Waals surface area contributed by atoms with Crippen LogP contribution < -0.4 is 4.90 Å². The van der Waals surface area contributed by atoms with Crippen molar-refractivity contribution in [3.8, 4) is 5.75 Å². The minimum Gasteiger partial charge on any atom is -0.508 e. The van der Waals surface area contributed by atoms with Crippen molar-refractivity contribution in [2.75, 3.05) is 4.90 Å². The van der Waals surface area contributed by atoms with Crippen LogP contribution in [0.3, 0.4) is 0 Å². The van der Waals surface area contributed by atoms with E-state index in [1.54, 1.807) is 43.3 Å². The number of aromatic hydroxyl groups is 1. The van der Waals surface area contributed by atoms with Gasteiger partial charge in [0, 0.05) is 5.69 Å². The molecular formula is C26H25NO7. The molecule has 3 rings (SSSR count). The molecule has 0 fully saturated rings. The summed E-state index contributed by atoms with van der Waals surface area (Å²) in [6, 6.07) is 21.1. The Hall–Kier alpha value is -4.33. The highest BCUT2D eigenvalue weighted by Gasteiger charge is 2.32.